The number of carbonyl (C=O) groups excluding carboxylic acids is 1. The summed E-state index contributed by atoms with van der Waals surface area (Å²) in [6.45, 7) is 0.671. The van der Waals surface area contributed by atoms with Crippen molar-refractivity contribution in [2.75, 3.05) is 12.3 Å². The zero-order valence-electron chi connectivity index (χ0n) is 7.59. The molecule has 1 aromatic rings. The predicted octanol–water partition coefficient (Wildman–Crippen LogP) is 1.53. The van der Waals surface area contributed by atoms with Crippen LogP contribution in [0.4, 0.5) is 5.69 Å². The summed E-state index contributed by atoms with van der Waals surface area (Å²) in [6, 6.07) is 5.42. The lowest BCUT2D eigenvalue weighted by Gasteiger charge is -2.10. The molecule has 0 radical (unpaired) electrons. The summed E-state index contributed by atoms with van der Waals surface area (Å²) in [5.74, 6) is 0.282. The molecule has 2 rings (SSSR count). The number of nitrogen functional groups attached to an aromatic ring is 1. The number of hydrogen-bond acceptors (Lipinski definition) is 2. The van der Waals surface area contributed by atoms with Gasteiger partial charge in [0.1, 0.15) is 0 Å². The maximum absolute atomic E-state index is 11.0. The van der Waals surface area contributed by atoms with Crippen molar-refractivity contribution in [3.05, 3.63) is 28.8 Å². The predicted molar refractivity (Wildman–Crippen MR) is 56.2 cm³/mol. The first-order chi connectivity index (χ1) is 6.66. The van der Waals surface area contributed by atoms with Gasteiger partial charge in [-0.25, -0.2) is 0 Å². The number of halogens is 1. The van der Waals surface area contributed by atoms with Crippen LogP contribution in [-0.2, 0) is 4.79 Å². The van der Waals surface area contributed by atoms with Gasteiger partial charge in [0, 0.05) is 29.6 Å². The molecule has 0 saturated carbocycles. The summed E-state index contributed by atoms with van der Waals surface area (Å²) in [6.07, 6.45) is 0.520. The van der Waals surface area contributed by atoms with Gasteiger partial charge in [0.05, 0.1) is 0 Å². The third-order valence-electron chi connectivity index (χ3n) is 2.47. The van der Waals surface area contributed by atoms with Crippen molar-refractivity contribution in [2.45, 2.75) is 12.3 Å². The second kappa shape index (κ2) is 3.50. The Bertz CT molecular complexity index is 378. The highest BCUT2D eigenvalue weighted by molar-refractivity contribution is 6.30. The molecular weight excluding hydrogens is 200 g/mol. The Morgan fingerprint density at radius 2 is 2.29 bits per heavy atom. The van der Waals surface area contributed by atoms with Crippen LogP contribution in [0.1, 0.15) is 17.9 Å². The SMILES string of the molecule is Nc1cc(Cl)ccc1[C@@H]1CNC(=O)C1. The van der Waals surface area contributed by atoms with Gasteiger partial charge in [-0.05, 0) is 17.7 Å². The van der Waals surface area contributed by atoms with Crippen LogP contribution in [0.5, 0.6) is 0 Å². The number of nitrogens with one attached hydrogen (secondary N) is 1. The van der Waals surface area contributed by atoms with Crippen LogP contribution >= 0.6 is 11.6 Å². The molecule has 1 amide bonds. The third-order valence-corrected chi connectivity index (χ3v) is 2.70. The van der Waals surface area contributed by atoms with E-state index in [4.69, 9.17) is 17.3 Å². The van der Waals surface area contributed by atoms with E-state index in [1.165, 1.54) is 0 Å². The van der Waals surface area contributed by atoms with Gasteiger partial charge in [0.25, 0.3) is 0 Å². The molecule has 0 aromatic heterocycles. The van der Waals surface area contributed by atoms with Crippen LogP contribution in [0.25, 0.3) is 0 Å². The van der Waals surface area contributed by atoms with Gasteiger partial charge in [-0.15, -0.1) is 0 Å². The summed E-state index contributed by atoms with van der Waals surface area (Å²) in [5, 5.41) is 3.41. The second-order valence-electron chi connectivity index (χ2n) is 3.48. The van der Waals surface area contributed by atoms with Gasteiger partial charge in [-0.3, -0.25) is 4.79 Å². The summed E-state index contributed by atoms with van der Waals surface area (Å²) in [7, 11) is 0. The van der Waals surface area contributed by atoms with Gasteiger partial charge < -0.3 is 11.1 Å². The lowest BCUT2D eigenvalue weighted by molar-refractivity contribution is -0.119. The highest BCUT2D eigenvalue weighted by Crippen LogP contribution is 2.29. The van der Waals surface area contributed by atoms with Gasteiger partial charge in [0.15, 0.2) is 0 Å². The Kier molecular flexibility index (Phi) is 2.33. The van der Waals surface area contributed by atoms with E-state index in [-0.39, 0.29) is 11.8 Å². The van der Waals surface area contributed by atoms with Crippen LogP contribution in [0.2, 0.25) is 5.02 Å². The van der Waals surface area contributed by atoms with Gasteiger partial charge >= 0.3 is 0 Å². The molecule has 1 saturated heterocycles. The van der Waals surface area contributed by atoms with Crippen molar-refractivity contribution in [1.29, 1.82) is 0 Å². The molecule has 3 nitrogen and oxygen atoms in total. The van der Waals surface area contributed by atoms with Crippen molar-refractivity contribution in [1.82, 2.24) is 5.32 Å². The summed E-state index contributed by atoms with van der Waals surface area (Å²) >= 11 is 5.79. The second-order valence-corrected chi connectivity index (χ2v) is 3.91. The molecule has 0 aliphatic carbocycles. The summed E-state index contributed by atoms with van der Waals surface area (Å²) < 4.78 is 0. The quantitative estimate of drug-likeness (QED) is 0.691. The monoisotopic (exact) mass is 210 g/mol. The zero-order valence-corrected chi connectivity index (χ0v) is 8.34. The van der Waals surface area contributed by atoms with E-state index < -0.39 is 0 Å². The van der Waals surface area contributed by atoms with E-state index in [0.29, 0.717) is 23.7 Å². The normalized spacial score (nSPS) is 20.9. The minimum atomic E-state index is 0.0874. The molecule has 1 aliphatic heterocycles. The lowest BCUT2D eigenvalue weighted by Crippen LogP contribution is -2.13. The largest absolute Gasteiger partial charge is 0.398 e. The number of nitrogens with two attached hydrogens (primary N) is 1. The Hall–Kier alpha value is -1.22. The van der Waals surface area contributed by atoms with Crippen molar-refractivity contribution in [3.8, 4) is 0 Å². The van der Waals surface area contributed by atoms with Gasteiger partial charge in [-0.2, -0.15) is 0 Å². The van der Waals surface area contributed by atoms with Gasteiger partial charge in [0.2, 0.25) is 5.91 Å². The maximum Gasteiger partial charge on any atom is 0.220 e. The van der Waals surface area contributed by atoms with E-state index >= 15 is 0 Å². The van der Waals surface area contributed by atoms with Crippen LogP contribution < -0.4 is 11.1 Å². The fourth-order valence-electron chi connectivity index (χ4n) is 1.74. The molecule has 1 atom stereocenters. The number of hydrogen-bond donors (Lipinski definition) is 2. The average Bonchev–Trinajstić information content (AvgIpc) is 2.51. The van der Waals surface area contributed by atoms with Crippen molar-refractivity contribution >= 4 is 23.2 Å². The van der Waals surface area contributed by atoms with E-state index in [2.05, 4.69) is 5.32 Å². The summed E-state index contributed by atoms with van der Waals surface area (Å²) in [4.78, 5) is 11.0. The molecule has 1 aliphatic rings. The highest BCUT2D eigenvalue weighted by Gasteiger charge is 2.24. The maximum atomic E-state index is 11.0. The van der Waals surface area contributed by atoms with E-state index in [0.717, 1.165) is 5.56 Å². The average molecular weight is 211 g/mol. The molecule has 0 unspecified atom stereocenters. The molecule has 1 heterocycles. The van der Waals surface area contributed by atoms with Gasteiger partial charge in [-0.1, -0.05) is 17.7 Å². The number of carbonyl (C=O) groups is 1. The third kappa shape index (κ3) is 1.68. The molecule has 0 spiro atoms. The molecule has 0 bridgehead atoms. The molecular formula is C10H11ClN2O. The first-order valence-electron chi connectivity index (χ1n) is 4.48. The molecule has 1 aromatic carbocycles. The van der Waals surface area contributed by atoms with Crippen LogP contribution in [0, 0.1) is 0 Å². The van der Waals surface area contributed by atoms with Crippen LogP contribution in [0.15, 0.2) is 18.2 Å². The fraction of sp³-hybridized carbons (Fsp3) is 0.300. The lowest BCUT2D eigenvalue weighted by atomic mass is 9.97. The highest BCUT2D eigenvalue weighted by atomic mass is 35.5. The molecule has 74 valence electrons. The van der Waals surface area contributed by atoms with Crippen molar-refractivity contribution in [3.63, 3.8) is 0 Å². The molecule has 14 heavy (non-hydrogen) atoms. The molecule has 1 fully saturated rings. The Morgan fingerprint density at radius 3 is 2.86 bits per heavy atom. The Balaban J connectivity index is 2.28. The topological polar surface area (TPSA) is 55.1 Å². The first-order valence-corrected chi connectivity index (χ1v) is 4.86. The van der Waals surface area contributed by atoms with E-state index in [9.17, 15) is 4.79 Å². The van der Waals surface area contributed by atoms with Crippen molar-refractivity contribution in [2.24, 2.45) is 0 Å². The van der Waals surface area contributed by atoms with Crippen LogP contribution in [-0.4, -0.2) is 12.5 Å². The Morgan fingerprint density at radius 1 is 1.50 bits per heavy atom. The number of anilines is 1. The minimum absolute atomic E-state index is 0.0874. The number of amides is 1. The minimum Gasteiger partial charge on any atom is -0.398 e. The fourth-order valence-corrected chi connectivity index (χ4v) is 1.92. The summed E-state index contributed by atoms with van der Waals surface area (Å²) in [5.41, 5.74) is 7.50. The number of benzene rings is 1. The van der Waals surface area contributed by atoms with E-state index in [1.54, 1.807) is 12.1 Å². The smallest absolute Gasteiger partial charge is 0.220 e. The first kappa shape index (κ1) is 9.34. The Labute approximate surface area is 87.2 Å². The van der Waals surface area contributed by atoms with Crippen LogP contribution in [0.3, 0.4) is 0 Å². The zero-order chi connectivity index (χ0) is 10.1. The standard InChI is InChI=1S/C10H11ClN2O/c11-7-1-2-8(9(12)4-7)6-3-10(14)13-5-6/h1-2,4,6H,3,5,12H2,(H,13,14)/t6-/m0/s1. The van der Waals surface area contributed by atoms with Crippen molar-refractivity contribution < 1.29 is 4.79 Å². The van der Waals surface area contributed by atoms with E-state index in [1.807, 2.05) is 6.07 Å². The molecule has 4 heteroatoms. The molecule has 3 N–H and O–H groups in total. The number of rotatable bonds is 1.